The van der Waals surface area contributed by atoms with Crippen molar-refractivity contribution in [2.75, 3.05) is 25.6 Å². The van der Waals surface area contributed by atoms with Crippen LogP contribution in [0.4, 0.5) is 18.9 Å². The van der Waals surface area contributed by atoms with Crippen molar-refractivity contribution in [1.29, 1.82) is 0 Å². The molecule has 2 rings (SSSR count). The minimum atomic E-state index is -4.52. The molecule has 1 heterocycles. The van der Waals surface area contributed by atoms with E-state index in [0.717, 1.165) is 17.3 Å². The zero-order valence-electron chi connectivity index (χ0n) is 14.8. The smallest absolute Gasteiger partial charge is 0.417 e. The van der Waals surface area contributed by atoms with E-state index in [1.807, 2.05) is 24.3 Å². The minimum Gasteiger partial charge on any atom is -0.475 e. The maximum Gasteiger partial charge on any atom is 0.417 e. The number of nitrogens with one attached hydrogen (secondary N) is 1. The van der Waals surface area contributed by atoms with Gasteiger partial charge in [-0.15, -0.1) is 24.0 Å². The van der Waals surface area contributed by atoms with E-state index >= 15 is 0 Å². The number of hydrogen-bond donors (Lipinski definition) is 2. The van der Waals surface area contributed by atoms with Crippen LogP contribution in [-0.2, 0) is 17.5 Å². The van der Waals surface area contributed by atoms with Gasteiger partial charge in [-0.2, -0.15) is 13.2 Å². The molecule has 0 amide bonds. The van der Waals surface area contributed by atoms with Gasteiger partial charge in [0.15, 0.2) is 5.96 Å². The van der Waals surface area contributed by atoms with Crippen molar-refractivity contribution in [3.05, 3.63) is 52.7 Å². The fraction of sp³-hybridized carbons (Fsp3) is 0.294. The second-order valence-corrected chi connectivity index (χ2v) is 5.75. The summed E-state index contributed by atoms with van der Waals surface area (Å²) in [6.45, 7) is 0.613. The number of nitrogens with two attached hydrogens (primary N) is 1. The Bertz CT molecular complexity index is 806. The summed E-state index contributed by atoms with van der Waals surface area (Å²) in [6.07, 6.45) is -3.86. The summed E-state index contributed by atoms with van der Waals surface area (Å²) in [6, 6.07) is 8.20. The summed E-state index contributed by atoms with van der Waals surface area (Å²) < 4.78 is 48.0. The Kier molecular flexibility index (Phi) is 9.76. The molecule has 3 N–H and O–H groups in total. The molecule has 0 saturated heterocycles. The Morgan fingerprint density at radius 3 is 2.68 bits per heavy atom. The fourth-order valence-corrected chi connectivity index (χ4v) is 2.32. The highest BCUT2D eigenvalue weighted by Gasteiger charge is 2.31. The molecule has 154 valence electrons. The Morgan fingerprint density at radius 2 is 2.04 bits per heavy atom. The first-order chi connectivity index (χ1) is 12.8. The van der Waals surface area contributed by atoms with E-state index in [0.29, 0.717) is 12.8 Å². The number of pyridine rings is 1. The number of benzene rings is 1. The van der Waals surface area contributed by atoms with E-state index in [1.165, 1.54) is 0 Å². The standard InChI is InChI=1S/C17H18ClF3N4O2.HI/c1-26-10-11-4-2-3-5-14(11)25-16(22)23-6-7-27-15-13(18)8-12(9-24-15)17(19,20)21;/h2-5,8-9H,6-7,10H2,1H3,(H3,22,23,25);1H. The topological polar surface area (TPSA) is 81.8 Å². The van der Waals surface area contributed by atoms with Crippen molar-refractivity contribution in [1.82, 2.24) is 4.98 Å². The van der Waals surface area contributed by atoms with Gasteiger partial charge >= 0.3 is 6.18 Å². The van der Waals surface area contributed by atoms with Crippen LogP contribution in [0.3, 0.4) is 0 Å². The van der Waals surface area contributed by atoms with Crippen molar-refractivity contribution >= 4 is 47.2 Å². The van der Waals surface area contributed by atoms with E-state index in [1.54, 1.807) is 7.11 Å². The van der Waals surface area contributed by atoms with Gasteiger partial charge in [0.05, 0.1) is 18.7 Å². The summed E-state index contributed by atoms with van der Waals surface area (Å²) in [4.78, 5) is 7.67. The molecule has 1 aromatic heterocycles. The van der Waals surface area contributed by atoms with Crippen LogP contribution in [0.25, 0.3) is 0 Å². The van der Waals surface area contributed by atoms with Gasteiger partial charge in [-0.1, -0.05) is 29.8 Å². The highest BCUT2D eigenvalue weighted by Crippen LogP contribution is 2.33. The van der Waals surface area contributed by atoms with E-state index in [-0.39, 0.29) is 54.0 Å². The fourth-order valence-electron chi connectivity index (χ4n) is 2.10. The molecule has 1 aromatic carbocycles. The molecular formula is C17H19ClF3IN4O2. The summed E-state index contributed by atoms with van der Waals surface area (Å²) in [5.74, 6) is 0.0606. The largest absolute Gasteiger partial charge is 0.475 e. The lowest BCUT2D eigenvalue weighted by Crippen LogP contribution is -2.24. The van der Waals surface area contributed by atoms with Crippen LogP contribution in [-0.4, -0.2) is 31.2 Å². The lowest BCUT2D eigenvalue weighted by Gasteiger charge is -2.11. The number of nitrogens with zero attached hydrogens (tertiary/aromatic N) is 2. The van der Waals surface area contributed by atoms with Crippen molar-refractivity contribution in [2.45, 2.75) is 12.8 Å². The molecule has 0 radical (unpaired) electrons. The van der Waals surface area contributed by atoms with Crippen LogP contribution in [0.5, 0.6) is 5.88 Å². The maximum absolute atomic E-state index is 12.6. The third kappa shape index (κ3) is 7.32. The Labute approximate surface area is 182 Å². The number of alkyl halides is 3. The number of rotatable bonds is 7. The van der Waals surface area contributed by atoms with E-state index in [9.17, 15) is 13.2 Å². The van der Waals surface area contributed by atoms with Crippen LogP contribution in [0.2, 0.25) is 5.02 Å². The van der Waals surface area contributed by atoms with Gasteiger partial charge in [0, 0.05) is 24.6 Å². The predicted octanol–water partition coefficient (Wildman–Crippen LogP) is 4.32. The number of aromatic nitrogens is 1. The summed E-state index contributed by atoms with van der Waals surface area (Å²) in [5, 5.41) is 2.73. The molecule has 0 aliphatic heterocycles. The number of guanidine groups is 1. The molecule has 0 bridgehead atoms. The van der Waals surface area contributed by atoms with Crippen molar-refractivity contribution in [3.8, 4) is 5.88 Å². The number of para-hydroxylation sites is 1. The molecule has 28 heavy (non-hydrogen) atoms. The molecule has 11 heteroatoms. The van der Waals surface area contributed by atoms with Crippen LogP contribution >= 0.6 is 35.6 Å². The van der Waals surface area contributed by atoms with Crippen molar-refractivity contribution < 1.29 is 22.6 Å². The van der Waals surface area contributed by atoms with Crippen LogP contribution in [0, 0.1) is 0 Å². The number of hydrogen-bond acceptors (Lipinski definition) is 4. The molecule has 0 aliphatic carbocycles. The molecule has 0 spiro atoms. The molecule has 0 atom stereocenters. The lowest BCUT2D eigenvalue weighted by atomic mass is 10.2. The number of ether oxygens (including phenoxy) is 2. The lowest BCUT2D eigenvalue weighted by molar-refractivity contribution is -0.137. The predicted molar refractivity (Wildman–Crippen MR) is 112 cm³/mol. The van der Waals surface area contributed by atoms with Gasteiger partial charge in [-0.05, 0) is 12.1 Å². The molecule has 0 unspecified atom stereocenters. The van der Waals surface area contributed by atoms with Crippen molar-refractivity contribution in [2.24, 2.45) is 10.7 Å². The highest BCUT2D eigenvalue weighted by atomic mass is 127. The first-order valence-corrected chi connectivity index (χ1v) is 8.18. The second kappa shape index (κ2) is 11.3. The zero-order chi connectivity index (χ0) is 19.9. The number of halogens is 5. The van der Waals surface area contributed by atoms with E-state index in [4.69, 9.17) is 26.8 Å². The average molecular weight is 531 g/mol. The van der Waals surface area contributed by atoms with Crippen LogP contribution < -0.4 is 15.8 Å². The summed E-state index contributed by atoms with van der Waals surface area (Å²) in [5.41, 5.74) is 6.55. The number of anilines is 1. The summed E-state index contributed by atoms with van der Waals surface area (Å²) in [7, 11) is 1.59. The third-order valence-corrected chi connectivity index (χ3v) is 3.60. The average Bonchev–Trinajstić information content (AvgIpc) is 2.61. The van der Waals surface area contributed by atoms with Crippen LogP contribution in [0.1, 0.15) is 11.1 Å². The SMILES string of the molecule is COCc1ccccc1NC(N)=NCCOc1ncc(C(F)(F)F)cc1Cl.I. The highest BCUT2D eigenvalue weighted by molar-refractivity contribution is 14.0. The van der Waals surface area contributed by atoms with Gasteiger partial charge in [0.25, 0.3) is 0 Å². The number of aliphatic imine (C=N–C) groups is 1. The molecule has 6 nitrogen and oxygen atoms in total. The molecule has 0 saturated carbocycles. The van der Waals surface area contributed by atoms with Gasteiger partial charge < -0.3 is 20.5 Å². The van der Waals surface area contributed by atoms with E-state index < -0.39 is 11.7 Å². The quantitative estimate of drug-likeness (QED) is 0.241. The van der Waals surface area contributed by atoms with Gasteiger partial charge in [0.1, 0.15) is 11.6 Å². The van der Waals surface area contributed by atoms with E-state index in [2.05, 4.69) is 15.3 Å². The Balaban J connectivity index is 0.00000392. The van der Waals surface area contributed by atoms with Gasteiger partial charge in [0.2, 0.25) is 5.88 Å². The first kappa shape index (κ1) is 24.2. The molecular weight excluding hydrogens is 512 g/mol. The summed E-state index contributed by atoms with van der Waals surface area (Å²) >= 11 is 5.76. The molecule has 0 aliphatic rings. The monoisotopic (exact) mass is 530 g/mol. The van der Waals surface area contributed by atoms with Gasteiger partial charge in [-0.25, -0.2) is 9.98 Å². The first-order valence-electron chi connectivity index (χ1n) is 7.80. The second-order valence-electron chi connectivity index (χ2n) is 5.34. The van der Waals surface area contributed by atoms with Crippen LogP contribution in [0.15, 0.2) is 41.5 Å². The zero-order valence-corrected chi connectivity index (χ0v) is 17.9. The normalized spacial score (nSPS) is 11.7. The molecule has 0 fully saturated rings. The Hall–Kier alpha value is -1.79. The Morgan fingerprint density at radius 1 is 1.32 bits per heavy atom. The minimum absolute atomic E-state index is 0. The van der Waals surface area contributed by atoms with Crippen molar-refractivity contribution in [3.63, 3.8) is 0 Å². The third-order valence-electron chi connectivity index (χ3n) is 3.33. The van der Waals surface area contributed by atoms with Gasteiger partial charge in [-0.3, -0.25) is 0 Å². The molecule has 2 aromatic rings. The number of methoxy groups -OCH3 is 1. The maximum atomic E-state index is 12.6.